The van der Waals surface area contributed by atoms with Gasteiger partial charge in [0.1, 0.15) is 6.61 Å². The van der Waals surface area contributed by atoms with Crippen LogP contribution in [0.1, 0.15) is 30.4 Å². The van der Waals surface area contributed by atoms with Crippen molar-refractivity contribution in [2.24, 2.45) is 0 Å². The number of benzene rings is 2. The molecule has 2 aromatic rings. The second-order valence-corrected chi connectivity index (χ2v) is 6.78. The van der Waals surface area contributed by atoms with Gasteiger partial charge < -0.3 is 14.8 Å². The topological polar surface area (TPSA) is 30.5 Å². The van der Waals surface area contributed by atoms with Crippen LogP contribution < -0.4 is 5.32 Å². The number of fused-ring (bicyclic) bond motifs is 3. The smallest absolute Gasteiger partial charge is 0.288 e. The summed E-state index contributed by atoms with van der Waals surface area (Å²) in [6.45, 7) is 1.73. The van der Waals surface area contributed by atoms with Crippen molar-refractivity contribution >= 4 is 18.0 Å². The molecule has 2 aromatic carbocycles. The summed E-state index contributed by atoms with van der Waals surface area (Å²) in [5.41, 5.74) is 6.07. The van der Waals surface area contributed by atoms with Crippen molar-refractivity contribution in [2.45, 2.75) is 31.4 Å². The largest absolute Gasteiger partial charge is 0.461 e. The maximum atomic E-state index is 6.29. The number of piperidine rings is 1. The maximum Gasteiger partial charge on any atom is 0.288 e. The van der Waals surface area contributed by atoms with Gasteiger partial charge in [-0.15, -0.1) is 12.4 Å². The molecule has 5 rings (SSSR count). The van der Waals surface area contributed by atoms with Gasteiger partial charge in [0, 0.05) is 6.04 Å². The van der Waals surface area contributed by atoms with E-state index in [0.29, 0.717) is 18.6 Å². The SMILES string of the molecule is Cl.c1ccc2c(c1)C(=C1OC[C@@H](C3CCCCN3)O1)c1ccccc1-2. The summed E-state index contributed by atoms with van der Waals surface area (Å²) in [4.78, 5) is 0. The molecule has 130 valence electrons. The molecule has 0 spiro atoms. The Bertz CT molecular complexity index is 764. The summed E-state index contributed by atoms with van der Waals surface area (Å²) in [6.07, 6.45) is 3.82. The van der Waals surface area contributed by atoms with Gasteiger partial charge in [-0.05, 0) is 41.6 Å². The zero-order valence-electron chi connectivity index (χ0n) is 14.0. The minimum absolute atomic E-state index is 0. The highest BCUT2D eigenvalue weighted by Gasteiger charge is 2.36. The molecule has 1 aliphatic carbocycles. The lowest BCUT2D eigenvalue weighted by Gasteiger charge is -2.26. The molecule has 0 radical (unpaired) electrons. The van der Waals surface area contributed by atoms with Crippen molar-refractivity contribution < 1.29 is 9.47 Å². The van der Waals surface area contributed by atoms with Gasteiger partial charge in [-0.3, -0.25) is 0 Å². The van der Waals surface area contributed by atoms with Crippen LogP contribution in [0, 0.1) is 0 Å². The zero-order valence-corrected chi connectivity index (χ0v) is 14.9. The summed E-state index contributed by atoms with van der Waals surface area (Å²) in [7, 11) is 0. The van der Waals surface area contributed by atoms with Crippen LogP contribution in [0.4, 0.5) is 0 Å². The van der Waals surface area contributed by atoms with Crippen molar-refractivity contribution in [3.8, 4) is 11.1 Å². The van der Waals surface area contributed by atoms with E-state index < -0.39 is 0 Å². The van der Waals surface area contributed by atoms with Gasteiger partial charge in [-0.2, -0.15) is 0 Å². The van der Waals surface area contributed by atoms with Gasteiger partial charge in [0.25, 0.3) is 5.95 Å². The van der Waals surface area contributed by atoms with Crippen molar-refractivity contribution in [3.63, 3.8) is 0 Å². The zero-order chi connectivity index (χ0) is 15.9. The van der Waals surface area contributed by atoms with E-state index in [9.17, 15) is 0 Å². The molecule has 0 bridgehead atoms. The molecular weight excluding hydrogens is 334 g/mol. The van der Waals surface area contributed by atoms with Crippen LogP contribution >= 0.6 is 12.4 Å². The molecule has 0 saturated carbocycles. The molecule has 2 aliphatic heterocycles. The van der Waals surface area contributed by atoms with Gasteiger partial charge >= 0.3 is 0 Å². The fourth-order valence-electron chi connectivity index (χ4n) is 4.13. The van der Waals surface area contributed by atoms with Crippen molar-refractivity contribution in [2.75, 3.05) is 13.2 Å². The Morgan fingerprint density at radius 3 is 2.08 bits per heavy atom. The minimum Gasteiger partial charge on any atom is -0.461 e. The Hall–Kier alpha value is -1.97. The molecule has 3 aliphatic rings. The molecule has 2 fully saturated rings. The van der Waals surface area contributed by atoms with E-state index in [1.54, 1.807) is 0 Å². The summed E-state index contributed by atoms with van der Waals surface area (Å²) in [5, 5.41) is 3.58. The average Bonchev–Trinajstić information content (AvgIpc) is 3.25. The summed E-state index contributed by atoms with van der Waals surface area (Å²) >= 11 is 0. The quantitative estimate of drug-likeness (QED) is 0.703. The van der Waals surface area contributed by atoms with Gasteiger partial charge in [-0.25, -0.2) is 0 Å². The highest BCUT2D eigenvalue weighted by molar-refractivity contribution is 6.01. The van der Waals surface area contributed by atoms with Crippen LogP contribution in [-0.4, -0.2) is 25.3 Å². The first-order valence-electron chi connectivity index (χ1n) is 8.88. The predicted molar refractivity (Wildman–Crippen MR) is 102 cm³/mol. The third kappa shape index (κ3) is 2.72. The molecule has 4 heteroatoms. The van der Waals surface area contributed by atoms with E-state index in [4.69, 9.17) is 9.47 Å². The Morgan fingerprint density at radius 1 is 0.840 bits per heavy atom. The maximum absolute atomic E-state index is 6.29. The number of nitrogens with one attached hydrogen (secondary N) is 1. The molecule has 3 nitrogen and oxygen atoms in total. The van der Waals surface area contributed by atoms with Crippen LogP contribution in [0.3, 0.4) is 0 Å². The van der Waals surface area contributed by atoms with Crippen LogP contribution in [0.2, 0.25) is 0 Å². The van der Waals surface area contributed by atoms with Crippen LogP contribution in [0.5, 0.6) is 0 Å². The van der Waals surface area contributed by atoms with E-state index in [1.807, 2.05) is 0 Å². The predicted octanol–water partition coefficient (Wildman–Crippen LogP) is 4.36. The summed E-state index contributed by atoms with van der Waals surface area (Å²) in [5.74, 6) is 0.699. The molecule has 0 amide bonds. The first-order chi connectivity index (χ1) is 11.9. The number of hydrogen-bond donors (Lipinski definition) is 1. The Labute approximate surface area is 154 Å². The molecule has 2 heterocycles. The van der Waals surface area contributed by atoms with Gasteiger partial charge in [0.2, 0.25) is 0 Å². The lowest BCUT2D eigenvalue weighted by Crippen LogP contribution is -2.44. The van der Waals surface area contributed by atoms with Crippen molar-refractivity contribution in [1.29, 1.82) is 0 Å². The fourth-order valence-corrected chi connectivity index (χ4v) is 4.13. The number of hydrogen-bond acceptors (Lipinski definition) is 3. The van der Waals surface area contributed by atoms with Gasteiger partial charge in [0.05, 0.1) is 5.57 Å². The number of rotatable bonds is 1. The monoisotopic (exact) mass is 355 g/mol. The number of halogens is 1. The first-order valence-corrected chi connectivity index (χ1v) is 8.88. The van der Waals surface area contributed by atoms with Crippen molar-refractivity contribution in [3.05, 3.63) is 65.6 Å². The van der Waals surface area contributed by atoms with Gasteiger partial charge in [0.15, 0.2) is 6.10 Å². The molecule has 0 aromatic heterocycles. The Morgan fingerprint density at radius 2 is 1.48 bits per heavy atom. The summed E-state index contributed by atoms with van der Waals surface area (Å²) in [6, 6.07) is 17.4. The second-order valence-electron chi connectivity index (χ2n) is 6.78. The number of ether oxygens (including phenoxy) is 2. The standard InChI is InChI=1S/C21H21NO2.ClH/c1-3-9-16-14(7-1)15-8-2-4-10-17(15)20(16)21-23-13-19(24-21)18-11-5-6-12-22-18;/h1-4,7-10,18-19,22H,5-6,11-13H2;1H/t18?,19-;/m0./s1. The first kappa shape index (κ1) is 16.5. The lowest BCUT2D eigenvalue weighted by atomic mass is 10.0. The molecule has 2 saturated heterocycles. The normalized spacial score (nSPS) is 24.0. The third-order valence-electron chi connectivity index (χ3n) is 5.32. The fraction of sp³-hybridized carbons (Fsp3) is 0.333. The highest BCUT2D eigenvalue weighted by Crippen LogP contribution is 2.46. The van der Waals surface area contributed by atoms with Gasteiger partial charge in [-0.1, -0.05) is 55.0 Å². The van der Waals surface area contributed by atoms with Crippen LogP contribution in [0.25, 0.3) is 16.7 Å². The molecule has 1 N–H and O–H groups in total. The van der Waals surface area contributed by atoms with Crippen LogP contribution in [0.15, 0.2) is 54.5 Å². The highest BCUT2D eigenvalue weighted by atomic mass is 35.5. The lowest BCUT2D eigenvalue weighted by molar-refractivity contribution is 0.108. The van der Waals surface area contributed by atoms with E-state index in [1.165, 1.54) is 41.5 Å². The van der Waals surface area contributed by atoms with E-state index in [0.717, 1.165) is 12.1 Å². The van der Waals surface area contributed by atoms with Crippen LogP contribution in [-0.2, 0) is 9.47 Å². The van der Waals surface area contributed by atoms with Crippen molar-refractivity contribution in [1.82, 2.24) is 5.32 Å². The average molecular weight is 356 g/mol. The third-order valence-corrected chi connectivity index (χ3v) is 5.32. The minimum atomic E-state index is 0. The van der Waals surface area contributed by atoms with E-state index in [-0.39, 0.29) is 18.5 Å². The molecular formula is C21H22ClNO2. The van der Waals surface area contributed by atoms with E-state index in [2.05, 4.69) is 53.8 Å². The molecule has 2 atom stereocenters. The second kappa shape index (κ2) is 6.74. The summed E-state index contributed by atoms with van der Waals surface area (Å²) < 4.78 is 12.3. The molecule has 25 heavy (non-hydrogen) atoms. The molecule has 1 unspecified atom stereocenters. The Balaban J connectivity index is 0.00000157. The Kier molecular flexibility index (Phi) is 4.45. The van der Waals surface area contributed by atoms with E-state index >= 15 is 0 Å².